The van der Waals surface area contributed by atoms with Gasteiger partial charge in [-0.05, 0) is 99.2 Å². The van der Waals surface area contributed by atoms with Crippen LogP contribution in [0.2, 0.25) is 5.04 Å². The minimum atomic E-state index is -3.32. The first-order chi connectivity index (χ1) is 30.7. The molecule has 0 radical (unpaired) electrons. The van der Waals surface area contributed by atoms with E-state index >= 15 is 0 Å². The Morgan fingerprint density at radius 1 is 0.844 bits per heavy atom. The molecule has 1 atom stereocenters. The SMILES string of the molecule is CCCN(CCC)CCCOc1nc2c(c(N3CCN(C(=O)OC(C)(C)C)CC3CCC(C)(C)[Si](O)(c3ccccc3)c3ccccc3)n1)CCN(c1cc(O)cc3ccccc13)C2. The van der Waals surface area contributed by atoms with Gasteiger partial charge in [-0.15, -0.1) is 0 Å². The molecule has 64 heavy (non-hydrogen) atoms. The van der Waals surface area contributed by atoms with Crippen molar-refractivity contribution in [3.63, 3.8) is 0 Å². The second kappa shape index (κ2) is 20.3. The van der Waals surface area contributed by atoms with Gasteiger partial charge in [0.1, 0.15) is 17.2 Å². The van der Waals surface area contributed by atoms with Gasteiger partial charge in [0, 0.05) is 61.5 Å². The lowest BCUT2D eigenvalue weighted by molar-refractivity contribution is 0.0210. The zero-order valence-electron chi connectivity index (χ0n) is 39.2. The highest BCUT2D eigenvalue weighted by molar-refractivity contribution is 6.98. The summed E-state index contributed by atoms with van der Waals surface area (Å²) >= 11 is 0. The number of carbonyl (C=O) groups is 1. The molecular weight excluding hydrogens is 817 g/mol. The Morgan fingerprint density at radius 2 is 1.50 bits per heavy atom. The molecule has 2 aliphatic heterocycles. The zero-order chi connectivity index (χ0) is 45.5. The fraction of sp³-hybridized carbons (Fsp3) is 0.481. The van der Waals surface area contributed by atoms with Crippen LogP contribution in [0.5, 0.6) is 11.8 Å². The third-order valence-corrected chi connectivity index (χ3v) is 17.5. The summed E-state index contributed by atoms with van der Waals surface area (Å²) in [6.07, 6.45) is 4.85. The summed E-state index contributed by atoms with van der Waals surface area (Å²) in [7, 11) is -3.32. The molecular formula is C52H70N6O5Si. The predicted molar refractivity (Wildman–Crippen MR) is 262 cm³/mol. The molecule has 0 saturated carbocycles. The molecule has 2 aliphatic rings. The van der Waals surface area contributed by atoms with Crippen molar-refractivity contribution >= 4 is 47.1 Å². The number of aromatic hydroxyl groups is 1. The fourth-order valence-corrected chi connectivity index (χ4v) is 13.5. The van der Waals surface area contributed by atoms with Crippen molar-refractivity contribution < 1.29 is 24.2 Å². The van der Waals surface area contributed by atoms with Crippen LogP contribution in [0.4, 0.5) is 16.3 Å². The summed E-state index contributed by atoms with van der Waals surface area (Å²) in [4.78, 5) is 46.3. The fourth-order valence-electron chi connectivity index (χ4n) is 9.74. The molecule has 7 rings (SSSR count). The molecule has 1 amide bonds. The van der Waals surface area contributed by atoms with E-state index in [2.05, 4.69) is 72.7 Å². The number of amides is 1. The maximum atomic E-state index is 13.8. The topological polar surface area (TPSA) is 115 Å². The number of aromatic nitrogens is 2. The predicted octanol–water partition coefficient (Wildman–Crippen LogP) is 8.53. The lowest BCUT2D eigenvalue weighted by Crippen LogP contribution is -2.65. The van der Waals surface area contributed by atoms with Crippen molar-refractivity contribution in [1.29, 1.82) is 0 Å². The Morgan fingerprint density at radius 3 is 2.16 bits per heavy atom. The molecule has 0 spiro atoms. The van der Waals surface area contributed by atoms with E-state index in [1.165, 1.54) is 0 Å². The maximum Gasteiger partial charge on any atom is 0.410 e. The number of hydrogen-bond donors (Lipinski definition) is 2. The minimum Gasteiger partial charge on any atom is -0.508 e. The molecule has 12 heteroatoms. The molecule has 11 nitrogen and oxygen atoms in total. The smallest absolute Gasteiger partial charge is 0.410 e. The number of piperazine rings is 1. The summed E-state index contributed by atoms with van der Waals surface area (Å²) in [6.45, 7) is 20.9. The number of fused-ring (bicyclic) bond motifs is 2. The van der Waals surface area contributed by atoms with Crippen LogP contribution >= 0.6 is 0 Å². The highest BCUT2D eigenvalue weighted by Crippen LogP contribution is 2.42. The second-order valence-corrected chi connectivity index (χ2v) is 23.2. The first-order valence-electron chi connectivity index (χ1n) is 23.5. The number of hydrogen-bond acceptors (Lipinski definition) is 10. The Labute approximate surface area is 382 Å². The minimum absolute atomic E-state index is 0.137. The van der Waals surface area contributed by atoms with Gasteiger partial charge < -0.3 is 39.0 Å². The number of nitrogens with zero attached hydrogens (tertiary/aromatic N) is 6. The van der Waals surface area contributed by atoms with Crippen molar-refractivity contribution in [1.82, 2.24) is 19.8 Å². The van der Waals surface area contributed by atoms with E-state index in [0.717, 1.165) is 82.8 Å². The van der Waals surface area contributed by atoms with Crippen LogP contribution in [-0.4, -0.2) is 108 Å². The maximum absolute atomic E-state index is 13.8. The Balaban J connectivity index is 1.25. The molecule has 1 fully saturated rings. The quantitative estimate of drug-likeness (QED) is 0.0696. The van der Waals surface area contributed by atoms with Crippen molar-refractivity contribution in [2.75, 3.05) is 62.2 Å². The van der Waals surface area contributed by atoms with E-state index < -0.39 is 19.0 Å². The average molecular weight is 887 g/mol. The lowest BCUT2D eigenvalue weighted by Gasteiger charge is -2.46. The summed E-state index contributed by atoms with van der Waals surface area (Å²) < 4.78 is 12.5. The molecule has 1 aromatic heterocycles. The Kier molecular flexibility index (Phi) is 14.9. The Hall–Kier alpha value is -5.17. The van der Waals surface area contributed by atoms with Crippen LogP contribution in [-0.2, 0) is 17.7 Å². The molecule has 4 aromatic carbocycles. The second-order valence-electron chi connectivity index (χ2n) is 19.3. The van der Waals surface area contributed by atoms with Gasteiger partial charge >= 0.3 is 12.1 Å². The normalized spacial score (nSPS) is 16.0. The number of phenolic OH excluding ortho intramolecular Hbond substituents is 1. The molecule has 2 N–H and O–H groups in total. The standard InChI is InChI=1S/C52H70N6O5Si/c1-8-28-55(29-9-2)30-18-34-62-49-53-46-38-56(47-36-41(59)35-39-19-16-17-24-44(39)47)31-26-45(46)48(54-49)58-33-32-57(50(60)63-51(3,4)5)37-40(58)25-27-52(6,7)64(61,42-20-12-10-13-21-42)43-22-14-11-15-23-43/h10-17,19-24,35-36,40,59,61H,8-9,18,25-34,37-38H2,1-7H3. The van der Waals surface area contributed by atoms with E-state index in [4.69, 9.17) is 19.4 Å². The number of rotatable bonds is 17. The van der Waals surface area contributed by atoms with Gasteiger partial charge in [-0.1, -0.05) is 113 Å². The van der Waals surface area contributed by atoms with Crippen LogP contribution in [0.3, 0.4) is 0 Å². The van der Waals surface area contributed by atoms with Crippen LogP contribution in [0.25, 0.3) is 10.8 Å². The van der Waals surface area contributed by atoms with Crippen LogP contribution in [0.1, 0.15) is 91.8 Å². The van der Waals surface area contributed by atoms with Crippen molar-refractivity contribution in [2.45, 2.75) is 110 Å². The number of anilines is 2. The summed E-state index contributed by atoms with van der Waals surface area (Å²) in [5.74, 6) is 1.08. The van der Waals surface area contributed by atoms with Gasteiger partial charge in [0.05, 0.1) is 18.8 Å². The van der Waals surface area contributed by atoms with Crippen LogP contribution < -0.4 is 24.9 Å². The van der Waals surface area contributed by atoms with Gasteiger partial charge in [0.25, 0.3) is 8.32 Å². The summed E-state index contributed by atoms with van der Waals surface area (Å²) in [5, 5.41) is 14.3. The molecule has 0 aliphatic carbocycles. The number of ether oxygens (including phenoxy) is 2. The molecule has 5 aromatic rings. The average Bonchev–Trinajstić information content (AvgIpc) is 3.28. The largest absolute Gasteiger partial charge is 0.508 e. The van der Waals surface area contributed by atoms with Gasteiger partial charge in [-0.2, -0.15) is 9.97 Å². The summed E-state index contributed by atoms with van der Waals surface area (Å²) in [5.41, 5.74) is 2.32. The molecule has 1 saturated heterocycles. The number of phenols is 1. The van der Waals surface area contributed by atoms with Gasteiger partial charge in [0.15, 0.2) is 0 Å². The summed E-state index contributed by atoms with van der Waals surface area (Å²) in [6, 6.07) is 32.4. The highest BCUT2D eigenvalue weighted by Gasteiger charge is 2.50. The number of benzene rings is 4. The van der Waals surface area contributed by atoms with Crippen molar-refractivity contribution in [3.8, 4) is 11.8 Å². The van der Waals surface area contributed by atoms with Crippen molar-refractivity contribution in [2.24, 2.45) is 0 Å². The van der Waals surface area contributed by atoms with Gasteiger partial charge in [-0.3, -0.25) is 0 Å². The molecule has 3 heterocycles. The monoisotopic (exact) mass is 887 g/mol. The van der Waals surface area contributed by atoms with E-state index in [1.807, 2.05) is 92.4 Å². The highest BCUT2D eigenvalue weighted by atomic mass is 28.4. The zero-order valence-corrected chi connectivity index (χ0v) is 40.2. The molecule has 0 bridgehead atoms. The third-order valence-electron chi connectivity index (χ3n) is 13.0. The van der Waals surface area contributed by atoms with Crippen molar-refractivity contribution in [3.05, 3.63) is 108 Å². The lowest BCUT2D eigenvalue weighted by atomic mass is 9.97. The Bertz CT molecular complexity index is 2280. The molecule has 342 valence electrons. The number of carbonyl (C=O) groups excluding carboxylic acids is 1. The van der Waals surface area contributed by atoms with E-state index in [9.17, 15) is 14.7 Å². The van der Waals surface area contributed by atoms with Crippen LogP contribution in [0, 0.1) is 0 Å². The van der Waals surface area contributed by atoms with Gasteiger partial charge in [-0.25, -0.2) is 4.79 Å². The molecule has 1 unspecified atom stereocenters. The van der Waals surface area contributed by atoms with E-state index in [-0.39, 0.29) is 17.9 Å². The van der Waals surface area contributed by atoms with E-state index in [1.54, 1.807) is 0 Å². The van der Waals surface area contributed by atoms with Crippen LogP contribution in [0.15, 0.2) is 97.1 Å². The van der Waals surface area contributed by atoms with E-state index in [0.29, 0.717) is 64.6 Å². The third kappa shape index (κ3) is 10.7. The first kappa shape index (κ1) is 46.8. The van der Waals surface area contributed by atoms with Gasteiger partial charge in [0.2, 0.25) is 0 Å². The first-order valence-corrected chi connectivity index (χ1v) is 25.4.